The van der Waals surface area contributed by atoms with E-state index in [1.807, 2.05) is 6.07 Å². The molecule has 2 heterocycles. The maximum Gasteiger partial charge on any atom is 0.125 e. The molecule has 0 aliphatic carbocycles. The molecule has 0 saturated carbocycles. The summed E-state index contributed by atoms with van der Waals surface area (Å²) >= 11 is 1.64. The highest BCUT2D eigenvalue weighted by Gasteiger charge is 2.07. The topological polar surface area (TPSA) is 51.8 Å². The zero-order valence-electron chi connectivity index (χ0n) is 8.77. The molecule has 0 saturated heterocycles. The lowest BCUT2D eigenvalue weighted by Gasteiger charge is -1.98. The third-order valence-electron chi connectivity index (χ3n) is 2.15. The minimum Gasteiger partial charge on any atom is -0.384 e. The van der Waals surface area contributed by atoms with E-state index in [0.29, 0.717) is 11.7 Å². The summed E-state index contributed by atoms with van der Waals surface area (Å²) in [6.07, 6.45) is 1.76. The van der Waals surface area contributed by atoms with Gasteiger partial charge in [-0.05, 0) is 18.1 Å². The maximum atomic E-state index is 5.53. The molecule has 15 heavy (non-hydrogen) atoms. The van der Waals surface area contributed by atoms with Gasteiger partial charge < -0.3 is 5.73 Å². The molecule has 0 spiro atoms. The largest absolute Gasteiger partial charge is 0.384 e. The Bertz CT molecular complexity index is 445. The molecule has 0 radical (unpaired) electrons. The Morgan fingerprint density at radius 2 is 2.13 bits per heavy atom. The monoisotopic (exact) mass is 219 g/mol. The molecule has 78 valence electrons. The smallest absolute Gasteiger partial charge is 0.125 e. The summed E-state index contributed by atoms with van der Waals surface area (Å²) in [4.78, 5) is 8.60. The van der Waals surface area contributed by atoms with Crippen molar-refractivity contribution in [3.63, 3.8) is 0 Å². The summed E-state index contributed by atoms with van der Waals surface area (Å²) in [6.45, 7) is 4.28. The van der Waals surface area contributed by atoms with E-state index in [0.717, 1.165) is 16.3 Å². The number of pyridine rings is 1. The van der Waals surface area contributed by atoms with Gasteiger partial charge in [-0.15, -0.1) is 11.3 Å². The van der Waals surface area contributed by atoms with Crippen LogP contribution in [0.2, 0.25) is 0 Å². The highest BCUT2D eigenvalue weighted by Crippen LogP contribution is 2.26. The van der Waals surface area contributed by atoms with Gasteiger partial charge in [0.25, 0.3) is 0 Å². The summed E-state index contributed by atoms with van der Waals surface area (Å²) in [5.41, 5.74) is 7.69. The van der Waals surface area contributed by atoms with E-state index in [-0.39, 0.29) is 0 Å². The lowest BCUT2D eigenvalue weighted by atomic mass is 10.2. The number of nitrogen functional groups attached to an aromatic ring is 1. The van der Waals surface area contributed by atoms with Crippen molar-refractivity contribution in [1.29, 1.82) is 0 Å². The molecule has 0 bridgehead atoms. The van der Waals surface area contributed by atoms with Gasteiger partial charge in [-0.25, -0.2) is 9.97 Å². The molecule has 0 atom stereocenters. The molecule has 2 rings (SSSR count). The standard InChI is InChI=1S/C11H13N3S/c1-7(2)9-6-15-11(14-9)8-3-4-10(12)13-5-8/h3-7H,1-2H3,(H2,12,13). The van der Waals surface area contributed by atoms with E-state index in [2.05, 4.69) is 29.2 Å². The quantitative estimate of drug-likeness (QED) is 0.845. The molecule has 0 aliphatic rings. The van der Waals surface area contributed by atoms with Gasteiger partial charge in [0.2, 0.25) is 0 Å². The van der Waals surface area contributed by atoms with Crippen LogP contribution >= 0.6 is 11.3 Å². The number of hydrogen-bond donors (Lipinski definition) is 1. The number of anilines is 1. The van der Waals surface area contributed by atoms with E-state index < -0.39 is 0 Å². The van der Waals surface area contributed by atoms with Crippen molar-refractivity contribution in [3.05, 3.63) is 29.4 Å². The summed E-state index contributed by atoms with van der Waals surface area (Å²) < 4.78 is 0. The minimum absolute atomic E-state index is 0.469. The van der Waals surface area contributed by atoms with E-state index in [1.165, 1.54) is 0 Å². The number of hydrogen-bond acceptors (Lipinski definition) is 4. The van der Waals surface area contributed by atoms with Gasteiger partial charge >= 0.3 is 0 Å². The second-order valence-electron chi connectivity index (χ2n) is 3.70. The number of aromatic nitrogens is 2. The number of nitrogens with two attached hydrogens (primary N) is 1. The molecule has 0 aromatic carbocycles. The highest BCUT2D eigenvalue weighted by molar-refractivity contribution is 7.13. The summed E-state index contributed by atoms with van der Waals surface area (Å²) in [5.74, 6) is 1.01. The molecular weight excluding hydrogens is 206 g/mol. The van der Waals surface area contributed by atoms with Crippen LogP contribution in [0.5, 0.6) is 0 Å². The van der Waals surface area contributed by atoms with Crippen LogP contribution in [-0.4, -0.2) is 9.97 Å². The van der Waals surface area contributed by atoms with Gasteiger partial charge in [0, 0.05) is 17.1 Å². The van der Waals surface area contributed by atoms with Crippen LogP contribution in [-0.2, 0) is 0 Å². The van der Waals surface area contributed by atoms with Crippen molar-refractivity contribution in [1.82, 2.24) is 9.97 Å². The Labute approximate surface area is 93.0 Å². The van der Waals surface area contributed by atoms with Crippen LogP contribution in [0.1, 0.15) is 25.5 Å². The molecule has 0 amide bonds. The third-order valence-corrected chi connectivity index (χ3v) is 3.06. The lowest BCUT2D eigenvalue weighted by molar-refractivity contribution is 0.834. The summed E-state index contributed by atoms with van der Waals surface area (Å²) in [6, 6.07) is 3.75. The summed E-state index contributed by atoms with van der Waals surface area (Å²) in [5, 5.41) is 3.10. The predicted octanol–water partition coefficient (Wildman–Crippen LogP) is 2.91. The van der Waals surface area contributed by atoms with E-state index in [4.69, 9.17) is 5.73 Å². The number of rotatable bonds is 2. The Hall–Kier alpha value is -1.42. The molecule has 2 N–H and O–H groups in total. The SMILES string of the molecule is CC(C)c1csc(-c2ccc(N)nc2)n1. The van der Waals surface area contributed by atoms with Crippen LogP contribution in [0, 0.1) is 0 Å². The third kappa shape index (κ3) is 2.15. The van der Waals surface area contributed by atoms with E-state index >= 15 is 0 Å². The first-order chi connectivity index (χ1) is 7.16. The van der Waals surface area contributed by atoms with Gasteiger partial charge in [0.15, 0.2) is 0 Å². The average Bonchev–Trinajstić information content (AvgIpc) is 2.68. The fourth-order valence-corrected chi connectivity index (χ4v) is 2.19. The predicted molar refractivity (Wildman–Crippen MR) is 63.8 cm³/mol. The van der Waals surface area contributed by atoms with Gasteiger partial charge in [-0.3, -0.25) is 0 Å². The van der Waals surface area contributed by atoms with Crippen molar-refractivity contribution in [3.8, 4) is 10.6 Å². The normalized spacial score (nSPS) is 10.9. The Balaban J connectivity index is 2.33. The zero-order chi connectivity index (χ0) is 10.8. The first kappa shape index (κ1) is 10.1. The Kier molecular flexibility index (Phi) is 2.68. The Morgan fingerprint density at radius 1 is 1.33 bits per heavy atom. The van der Waals surface area contributed by atoms with Crippen LogP contribution in [0.3, 0.4) is 0 Å². The van der Waals surface area contributed by atoms with Crippen molar-refractivity contribution < 1.29 is 0 Å². The van der Waals surface area contributed by atoms with Gasteiger partial charge in [0.05, 0.1) is 5.69 Å². The highest BCUT2D eigenvalue weighted by atomic mass is 32.1. The number of thiazole rings is 1. The second-order valence-corrected chi connectivity index (χ2v) is 4.56. The van der Waals surface area contributed by atoms with E-state index in [9.17, 15) is 0 Å². The van der Waals surface area contributed by atoms with Crippen LogP contribution in [0.4, 0.5) is 5.82 Å². The fourth-order valence-electron chi connectivity index (χ4n) is 1.22. The van der Waals surface area contributed by atoms with Crippen LogP contribution in [0.25, 0.3) is 10.6 Å². The van der Waals surface area contributed by atoms with Crippen molar-refractivity contribution in [2.45, 2.75) is 19.8 Å². The molecule has 0 unspecified atom stereocenters. The van der Waals surface area contributed by atoms with Gasteiger partial charge in [-0.1, -0.05) is 13.8 Å². The average molecular weight is 219 g/mol. The molecule has 3 nitrogen and oxygen atoms in total. The second kappa shape index (κ2) is 3.98. The Morgan fingerprint density at radius 3 is 2.67 bits per heavy atom. The minimum atomic E-state index is 0.469. The van der Waals surface area contributed by atoms with Crippen LogP contribution < -0.4 is 5.73 Å². The molecular formula is C11H13N3S. The lowest BCUT2D eigenvalue weighted by Crippen LogP contribution is -1.90. The molecule has 0 aliphatic heterocycles. The fraction of sp³-hybridized carbons (Fsp3) is 0.273. The van der Waals surface area contributed by atoms with Gasteiger partial charge in [-0.2, -0.15) is 0 Å². The number of nitrogens with zero attached hydrogens (tertiary/aromatic N) is 2. The van der Waals surface area contributed by atoms with Gasteiger partial charge in [0.1, 0.15) is 10.8 Å². The molecule has 2 aromatic rings. The first-order valence-corrected chi connectivity index (χ1v) is 5.72. The van der Waals surface area contributed by atoms with E-state index in [1.54, 1.807) is 23.6 Å². The van der Waals surface area contributed by atoms with Crippen LogP contribution in [0.15, 0.2) is 23.7 Å². The summed E-state index contributed by atoms with van der Waals surface area (Å²) in [7, 11) is 0. The van der Waals surface area contributed by atoms with Crippen molar-refractivity contribution >= 4 is 17.2 Å². The molecule has 4 heteroatoms. The molecule has 2 aromatic heterocycles. The van der Waals surface area contributed by atoms with Crippen molar-refractivity contribution in [2.24, 2.45) is 0 Å². The molecule has 0 fully saturated rings. The maximum absolute atomic E-state index is 5.53. The zero-order valence-corrected chi connectivity index (χ0v) is 9.58. The van der Waals surface area contributed by atoms with Crippen molar-refractivity contribution in [2.75, 3.05) is 5.73 Å². The first-order valence-electron chi connectivity index (χ1n) is 4.84.